The fourth-order valence-corrected chi connectivity index (χ4v) is 4.10. The van der Waals surface area contributed by atoms with E-state index in [1.54, 1.807) is 0 Å². The van der Waals surface area contributed by atoms with Gasteiger partial charge in [0.15, 0.2) is 0 Å². The summed E-state index contributed by atoms with van der Waals surface area (Å²) in [5.74, 6) is 1.39. The maximum Gasteiger partial charge on any atom is 0.287 e. The van der Waals surface area contributed by atoms with Gasteiger partial charge in [0, 0.05) is 33.9 Å². The lowest BCUT2D eigenvalue weighted by atomic mass is 9.95. The Bertz CT molecular complexity index is 550. The summed E-state index contributed by atoms with van der Waals surface area (Å²) in [5, 5.41) is 14.3. The van der Waals surface area contributed by atoms with E-state index in [0.29, 0.717) is 11.6 Å². The number of hydrogen-bond donors (Lipinski definition) is 1. The molecule has 0 bridgehead atoms. The molecule has 0 aromatic carbocycles. The monoisotopic (exact) mass is 311 g/mol. The van der Waals surface area contributed by atoms with Gasteiger partial charge < -0.3 is 5.32 Å². The van der Waals surface area contributed by atoms with Gasteiger partial charge in [0.25, 0.3) is 5.69 Å². The molecule has 0 aliphatic heterocycles. The minimum absolute atomic E-state index is 0.00616. The van der Waals surface area contributed by atoms with E-state index in [4.69, 9.17) is 0 Å². The lowest BCUT2D eigenvalue weighted by Gasteiger charge is -2.29. The third kappa shape index (κ3) is 4.00. The number of pyridine rings is 1. The Balaban J connectivity index is 2.04. The highest BCUT2D eigenvalue weighted by molar-refractivity contribution is 7.85. The fourth-order valence-electron chi connectivity index (χ4n) is 2.75. The van der Waals surface area contributed by atoms with E-state index in [9.17, 15) is 14.3 Å². The summed E-state index contributed by atoms with van der Waals surface area (Å²) in [7, 11) is -0.757. The Morgan fingerprint density at radius 1 is 1.52 bits per heavy atom. The molecule has 0 amide bonds. The number of aryl methyl sites for hydroxylation is 1. The first-order valence-electron chi connectivity index (χ1n) is 7.26. The molecule has 0 radical (unpaired) electrons. The van der Waals surface area contributed by atoms with Crippen LogP contribution < -0.4 is 5.32 Å². The van der Waals surface area contributed by atoms with E-state index in [1.807, 2.05) is 13.8 Å². The van der Waals surface area contributed by atoms with Crippen LogP contribution in [0, 0.1) is 17.0 Å². The van der Waals surface area contributed by atoms with Gasteiger partial charge in [0.2, 0.25) is 0 Å². The van der Waals surface area contributed by atoms with Crippen LogP contribution >= 0.6 is 0 Å². The number of anilines is 1. The average Bonchev–Trinajstić information content (AvgIpc) is 2.48. The molecule has 116 valence electrons. The van der Waals surface area contributed by atoms with E-state index < -0.39 is 15.7 Å². The van der Waals surface area contributed by atoms with Crippen molar-refractivity contribution in [3.05, 3.63) is 27.9 Å². The van der Waals surface area contributed by atoms with E-state index in [1.165, 1.54) is 12.3 Å². The molecular formula is C14H21N3O3S. The molecule has 21 heavy (non-hydrogen) atoms. The molecule has 1 saturated carbocycles. The molecule has 1 heterocycles. The SMILES string of the molecule is CC[S@](=O)[C@H]1CCC[C@@H](Nc2ncc([N+](=O)[O-])cc2C)C1. The van der Waals surface area contributed by atoms with Gasteiger partial charge in [-0.2, -0.15) is 0 Å². The van der Waals surface area contributed by atoms with Gasteiger partial charge in [0.1, 0.15) is 12.0 Å². The Morgan fingerprint density at radius 3 is 2.90 bits per heavy atom. The van der Waals surface area contributed by atoms with Gasteiger partial charge in [-0.15, -0.1) is 0 Å². The summed E-state index contributed by atoms with van der Waals surface area (Å²) in [6.45, 7) is 3.77. The van der Waals surface area contributed by atoms with Crippen molar-refractivity contribution in [2.75, 3.05) is 11.1 Å². The van der Waals surface area contributed by atoms with Crippen molar-refractivity contribution in [2.45, 2.75) is 50.8 Å². The highest BCUT2D eigenvalue weighted by atomic mass is 32.2. The lowest BCUT2D eigenvalue weighted by molar-refractivity contribution is -0.385. The van der Waals surface area contributed by atoms with Crippen molar-refractivity contribution >= 4 is 22.3 Å². The van der Waals surface area contributed by atoms with E-state index in [-0.39, 0.29) is 17.0 Å². The number of aromatic nitrogens is 1. The first-order chi connectivity index (χ1) is 10.0. The Labute approximate surface area is 127 Å². The summed E-state index contributed by atoms with van der Waals surface area (Å²) in [6, 6.07) is 1.77. The zero-order valence-electron chi connectivity index (χ0n) is 12.4. The molecule has 0 spiro atoms. The van der Waals surface area contributed by atoms with Gasteiger partial charge in [-0.25, -0.2) is 4.98 Å². The van der Waals surface area contributed by atoms with Crippen LogP contribution in [0.4, 0.5) is 11.5 Å². The molecule has 1 aliphatic carbocycles. The molecule has 2 rings (SSSR count). The van der Waals surface area contributed by atoms with Crippen molar-refractivity contribution in [2.24, 2.45) is 0 Å². The van der Waals surface area contributed by atoms with Gasteiger partial charge in [0.05, 0.1) is 4.92 Å². The Kier molecular flexibility index (Phi) is 5.27. The molecule has 1 N–H and O–H groups in total. The van der Waals surface area contributed by atoms with Crippen LogP contribution in [0.1, 0.15) is 38.2 Å². The molecule has 1 aliphatic rings. The zero-order chi connectivity index (χ0) is 15.4. The molecule has 0 saturated heterocycles. The third-order valence-electron chi connectivity index (χ3n) is 3.90. The van der Waals surface area contributed by atoms with Crippen LogP contribution in [-0.4, -0.2) is 31.2 Å². The number of nitrogens with zero attached hydrogens (tertiary/aromatic N) is 2. The molecule has 7 heteroatoms. The summed E-state index contributed by atoms with van der Waals surface area (Å²) in [4.78, 5) is 14.4. The quantitative estimate of drug-likeness (QED) is 0.667. The summed E-state index contributed by atoms with van der Waals surface area (Å²) in [6.07, 6.45) is 5.25. The first kappa shape index (κ1) is 15.9. The maximum absolute atomic E-state index is 11.9. The van der Waals surface area contributed by atoms with Crippen molar-refractivity contribution in [1.82, 2.24) is 4.98 Å². The van der Waals surface area contributed by atoms with Crippen molar-refractivity contribution in [1.29, 1.82) is 0 Å². The molecule has 1 fully saturated rings. The molecule has 1 aromatic heterocycles. The summed E-state index contributed by atoms with van der Waals surface area (Å²) >= 11 is 0. The normalized spacial score (nSPS) is 23.5. The average molecular weight is 311 g/mol. The van der Waals surface area contributed by atoms with Gasteiger partial charge in [-0.05, 0) is 31.7 Å². The van der Waals surface area contributed by atoms with Crippen molar-refractivity contribution in [3.63, 3.8) is 0 Å². The third-order valence-corrected chi connectivity index (χ3v) is 5.64. The van der Waals surface area contributed by atoms with Crippen molar-refractivity contribution in [3.8, 4) is 0 Å². The second kappa shape index (κ2) is 6.98. The van der Waals surface area contributed by atoms with Crippen LogP contribution in [0.5, 0.6) is 0 Å². The van der Waals surface area contributed by atoms with E-state index >= 15 is 0 Å². The predicted octanol–water partition coefficient (Wildman–Crippen LogP) is 2.79. The largest absolute Gasteiger partial charge is 0.367 e. The van der Waals surface area contributed by atoms with Gasteiger partial charge in [-0.1, -0.05) is 13.3 Å². The number of nitrogens with one attached hydrogen (secondary N) is 1. The molecule has 0 unspecified atom stereocenters. The summed E-state index contributed by atoms with van der Waals surface area (Å²) < 4.78 is 11.9. The van der Waals surface area contributed by atoms with E-state index in [0.717, 1.165) is 31.2 Å². The Hall–Kier alpha value is -1.50. The van der Waals surface area contributed by atoms with Crippen LogP contribution in [0.2, 0.25) is 0 Å². The second-order valence-corrected chi connectivity index (χ2v) is 7.42. The second-order valence-electron chi connectivity index (χ2n) is 5.42. The van der Waals surface area contributed by atoms with Crippen LogP contribution in [0.3, 0.4) is 0 Å². The van der Waals surface area contributed by atoms with Crippen molar-refractivity contribution < 1.29 is 9.13 Å². The maximum atomic E-state index is 11.9. The van der Waals surface area contributed by atoms with Crippen LogP contribution in [0.25, 0.3) is 0 Å². The zero-order valence-corrected chi connectivity index (χ0v) is 13.2. The number of nitro groups is 1. The lowest BCUT2D eigenvalue weighted by Crippen LogP contribution is -2.33. The topological polar surface area (TPSA) is 85.1 Å². The summed E-state index contributed by atoms with van der Waals surface area (Å²) in [5.41, 5.74) is 0.773. The Morgan fingerprint density at radius 2 is 2.29 bits per heavy atom. The fraction of sp³-hybridized carbons (Fsp3) is 0.643. The van der Waals surface area contributed by atoms with Crippen LogP contribution in [0.15, 0.2) is 12.3 Å². The number of hydrogen-bond acceptors (Lipinski definition) is 5. The molecule has 6 nitrogen and oxygen atoms in total. The minimum Gasteiger partial charge on any atom is -0.367 e. The smallest absolute Gasteiger partial charge is 0.287 e. The van der Waals surface area contributed by atoms with Crippen LogP contribution in [-0.2, 0) is 10.8 Å². The first-order valence-corrected chi connectivity index (χ1v) is 8.64. The highest BCUT2D eigenvalue weighted by Crippen LogP contribution is 2.27. The molecule has 1 aromatic rings. The number of rotatable bonds is 5. The predicted molar refractivity (Wildman–Crippen MR) is 84.0 cm³/mol. The minimum atomic E-state index is -0.757. The van der Waals surface area contributed by atoms with E-state index in [2.05, 4.69) is 10.3 Å². The van der Waals surface area contributed by atoms with Gasteiger partial charge >= 0.3 is 0 Å². The highest BCUT2D eigenvalue weighted by Gasteiger charge is 2.26. The molecular weight excluding hydrogens is 290 g/mol. The molecule has 3 atom stereocenters. The van der Waals surface area contributed by atoms with Gasteiger partial charge in [-0.3, -0.25) is 14.3 Å². The standard InChI is InChI=1S/C14H21N3O3S/c1-3-21(20)13-6-4-5-11(8-13)16-14-10(2)7-12(9-15-14)17(18)19/h7,9,11,13H,3-6,8H2,1-2H3,(H,15,16)/t11-,13+,21+/m1/s1.